The number of hydrogen-bond acceptors (Lipinski definition) is 2. The number of nitrogens with one attached hydrogen (secondary N) is 1. The minimum absolute atomic E-state index is 0.0532. The molecule has 0 radical (unpaired) electrons. The van der Waals surface area contributed by atoms with E-state index in [1.807, 2.05) is 29.2 Å². The highest BCUT2D eigenvalue weighted by Gasteiger charge is 2.28. The molecule has 0 aliphatic carbocycles. The SMILES string of the molecule is CC1(C)CCN(C(=O)Nc2cccc(N3CCC3=O)c2)CC1. The monoisotopic (exact) mass is 301 g/mol. The van der Waals surface area contributed by atoms with E-state index in [-0.39, 0.29) is 11.9 Å². The second-order valence-electron chi connectivity index (χ2n) is 6.93. The Labute approximate surface area is 131 Å². The van der Waals surface area contributed by atoms with Crippen LogP contribution in [0.3, 0.4) is 0 Å². The molecule has 118 valence electrons. The Balaban J connectivity index is 1.62. The Morgan fingerprint density at radius 1 is 1.18 bits per heavy atom. The summed E-state index contributed by atoms with van der Waals surface area (Å²) in [6, 6.07) is 7.44. The first-order valence-electron chi connectivity index (χ1n) is 7.91. The van der Waals surface area contributed by atoms with Gasteiger partial charge in [0.25, 0.3) is 0 Å². The number of nitrogens with zero attached hydrogens (tertiary/aromatic N) is 2. The van der Waals surface area contributed by atoms with E-state index >= 15 is 0 Å². The summed E-state index contributed by atoms with van der Waals surface area (Å²) in [4.78, 5) is 27.4. The van der Waals surface area contributed by atoms with Gasteiger partial charge in [-0.3, -0.25) is 4.79 Å². The van der Waals surface area contributed by atoms with Gasteiger partial charge in [0.15, 0.2) is 0 Å². The molecular formula is C17H23N3O2. The predicted octanol–water partition coefficient (Wildman–Crippen LogP) is 3.08. The first-order valence-corrected chi connectivity index (χ1v) is 7.91. The molecular weight excluding hydrogens is 278 g/mol. The molecule has 5 nitrogen and oxygen atoms in total. The van der Waals surface area contributed by atoms with Gasteiger partial charge in [0.05, 0.1) is 0 Å². The maximum Gasteiger partial charge on any atom is 0.321 e. The van der Waals surface area contributed by atoms with E-state index in [9.17, 15) is 9.59 Å². The molecule has 5 heteroatoms. The van der Waals surface area contributed by atoms with Gasteiger partial charge in [-0.1, -0.05) is 19.9 Å². The molecule has 22 heavy (non-hydrogen) atoms. The maximum atomic E-state index is 12.3. The number of hydrogen-bond donors (Lipinski definition) is 1. The number of β-lactam (4-membered cyclic amide) rings is 1. The Kier molecular flexibility index (Phi) is 3.81. The Hall–Kier alpha value is -2.04. The molecule has 2 heterocycles. The van der Waals surface area contributed by atoms with Gasteiger partial charge in [0.2, 0.25) is 5.91 Å². The molecule has 3 amide bonds. The molecule has 3 rings (SSSR count). The molecule has 1 aromatic rings. The van der Waals surface area contributed by atoms with Crippen molar-refractivity contribution in [3.05, 3.63) is 24.3 Å². The third kappa shape index (κ3) is 3.08. The quantitative estimate of drug-likeness (QED) is 0.854. The molecule has 0 saturated carbocycles. The number of amides is 3. The molecule has 2 aliphatic rings. The zero-order valence-electron chi connectivity index (χ0n) is 13.3. The van der Waals surface area contributed by atoms with Crippen LogP contribution in [-0.2, 0) is 4.79 Å². The van der Waals surface area contributed by atoms with Crippen LogP contribution in [0.1, 0.15) is 33.1 Å². The molecule has 0 unspecified atom stereocenters. The summed E-state index contributed by atoms with van der Waals surface area (Å²) in [7, 11) is 0. The molecule has 2 aliphatic heterocycles. The van der Waals surface area contributed by atoms with Crippen LogP contribution in [0.4, 0.5) is 16.2 Å². The average Bonchev–Trinajstić information content (AvgIpc) is 2.46. The molecule has 1 N–H and O–H groups in total. The number of carbonyl (C=O) groups is 2. The average molecular weight is 301 g/mol. The number of carbonyl (C=O) groups excluding carboxylic acids is 2. The summed E-state index contributed by atoms with van der Waals surface area (Å²) in [6.07, 6.45) is 2.67. The summed E-state index contributed by atoms with van der Waals surface area (Å²) in [5, 5.41) is 2.95. The molecule has 1 aromatic carbocycles. The summed E-state index contributed by atoms with van der Waals surface area (Å²) in [6.45, 7) is 6.84. The fourth-order valence-corrected chi connectivity index (χ4v) is 2.86. The van der Waals surface area contributed by atoms with Gasteiger partial charge in [0.1, 0.15) is 0 Å². The lowest BCUT2D eigenvalue weighted by molar-refractivity contribution is -0.122. The Bertz CT molecular complexity index is 587. The Morgan fingerprint density at radius 2 is 1.91 bits per heavy atom. The normalized spacial score (nSPS) is 20.5. The highest BCUT2D eigenvalue weighted by Crippen LogP contribution is 2.30. The number of piperidine rings is 1. The van der Waals surface area contributed by atoms with Crippen LogP contribution in [0.25, 0.3) is 0 Å². The van der Waals surface area contributed by atoms with Gasteiger partial charge in [0, 0.05) is 37.4 Å². The lowest BCUT2D eigenvalue weighted by atomic mass is 9.83. The van der Waals surface area contributed by atoms with Crippen LogP contribution >= 0.6 is 0 Å². The molecule has 2 fully saturated rings. The third-order valence-electron chi connectivity index (χ3n) is 4.66. The molecule has 0 bridgehead atoms. The van der Waals surface area contributed by atoms with Crippen LogP contribution in [0.15, 0.2) is 24.3 Å². The van der Waals surface area contributed by atoms with Crippen molar-refractivity contribution in [2.24, 2.45) is 5.41 Å². The number of urea groups is 1. The van der Waals surface area contributed by atoms with Crippen LogP contribution < -0.4 is 10.2 Å². The third-order valence-corrected chi connectivity index (χ3v) is 4.66. The summed E-state index contributed by atoms with van der Waals surface area (Å²) >= 11 is 0. The van der Waals surface area contributed by atoms with E-state index in [2.05, 4.69) is 19.2 Å². The first kappa shape index (κ1) is 14.9. The lowest BCUT2D eigenvalue weighted by Gasteiger charge is -2.36. The van der Waals surface area contributed by atoms with E-state index in [1.54, 1.807) is 4.90 Å². The molecule has 0 spiro atoms. The second-order valence-corrected chi connectivity index (χ2v) is 6.93. The largest absolute Gasteiger partial charge is 0.324 e. The first-order chi connectivity index (χ1) is 10.4. The number of anilines is 2. The predicted molar refractivity (Wildman–Crippen MR) is 87.0 cm³/mol. The van der Waals surface area contributed by atoms with Crippen LogP contribution in [-0.4, -0.2) is 36.5 Å². The topological polar surface area (TPSA) is 52.7 Å². The Morgan fingerprint density at radius 3 is 2.50 bits per heavy atom. The highest BCUT2D eigenvalue weighted by molar-refractivity contribution is 6.00. The van der Waals surface area contributed by atoms with Gasteiger partial charge in [-0.15, -0.1) is 0 Å². The van der Waals surface area contributed by atoms with E-state index in [0.29, 0.717) is 11.8 Å². The smallest absolute Gasteiger partial charge is 0.321 e. The zero-order chi connectivity index (χ0) is 15.7. The van der Waals surface area contributed by atoms with E-state index in [0.717, 1.165) is 43.9 Å². The fourth-order valence-electron chi connectivity index (χ4n) is 2.86. The second kappa shape index (κ2) is 5.63. The maximum absolute atomic E-state index is 12.3. The number of rotatable bonds is 2. The van der Waals surface area contributed by atoms with Crippen molar-refractivity contribution >= 4 is 23.3 Å². The lowest BCUT2D eigenvalue weighted by Crippen LogP contribution is -2.44. The van der Waals surface area contributed by atoms with Gasteiger partial charge in [-0.25, -0.2) is 4.79 Å². The standard InChI is InChI=1S/C17H23N3O2/c1-17(2)7-10-19(11-8-17)16(22)18-13-4-3-5-14(12-13)20-9-6-15(20)21/h3-5,12H,6-11H2,1-2H3,(H,18,22). The van der Waals surface area contributed by atoms with Gasteiger partial charge in [-0.05, 0) is 36.5 Å². The minimum Gasteiger partial charge on any atom is -0.324 e. The summed E-state index contributed by atoms with van der Waals surface area (Å²) < 4.78 is 0. The van der Waals surface area contributed by atoms with E-state index in [4.69, 9.17) is 0 Å². The van der Waals surface area contributed by atoms with Crippen molar-refractivity contribution in [2.45, 2.75) is 33.1 Å². The minimum atomic E-state index is -0.0532. The molecule has 0 aromatic heterocycles. The number of likely N-dealkylation sites (tertiary alicyclic amines) is 1. The fraction of sp³-hybridized carbons (Fsp3) is 0.529. The summed E-state index contributed by atoms with van der Waals surface area (Å²) in [5.41, 5.74) is 1.93. The van der Waals surface area contributed by atoms with Crippen LogP contribution in [0.2, 0.25) is 0 Å². The van der Waals surface area contributed by atoms with Crippen LogP contribution in [0, 0.1) is 5.41 Å². The van der Waals surface area contributed by atoms with Crippen molar-refractivity contribution < 1.29 is 9.59 Å². The van der Waals surface area contributed by atoms with Gasteiger partial charge in [-0.2, -0.15) is 0 Å². The number of benzene rings is 1. The van der Waals surface area contributed by atoms with Crippen LogP contribution in [0.5, 0.6) is 0 Å². The van der Waals surface area contributed by atoms with E-state index < -0.39 is 0 Å². The van der Waals surface area contributed by atoms with Crippen molar-refractivity contribution in [2.75, 3.05) is 29.9 Å². The van der Waals surface area contributed by atoms with Gasteiger partial charge < -0.3 is 15.1 Å². The molecule has 0 atom stereocenters. The van der Waals surface area contributed by atoms with Gasteiger partial charge >= 0.3 is 6.03 Å². The van der Waals surface area contributed by atoms with Crippen molar-refractivity contribution in [3.63, 3.8) is 0 Å². The highest BCUT2D eigenvalue weighted by atomic mass is 16.2. The molecule has 2 saturated heterocycles. The van der Waals surface area contributed by atoms with Crippen molar-refractivity contribution in [1.29, 1.82) is 0 Å². The van der Waals surface area contributed by atoms with Crippen molar-refractivity contribution in [1.82, 2.24) is 4.90 Å². The summed E-state index contributed by atoms with van der Waals surface area (Å²) in [5.74, 6) is 0.140. The van der Waals surface area contributed by atoms with E-state index in [1.165, 1.54) is 0 Å². The van der Waals surface area contributed by atoms with Crippen molar-refractivity contribution in [3.8, 4) is 0 Å². The zero-order valence-corrected chi connectivity index (χ0v) is 13.3.